The number of piperidine rings is 1. The van der Waals surface area contributed by atoms with Gasteiger partial charge in [-0.25, -0.2) is 15.0 Å². The summed E-state index contributed by atoms with van der Waals surface area (Å²) >= 11 is 6.76. The minimum Gasteiger partial charge on any atom is -0.591 e. The molecule has 0 amide bonds. The van der Waals surface area contributed by atoms with Crippen LogP contribution in [0.4, 0.5) is 11.8 Å². The van der Waals surface area contributed by atoms with Gasteiger partial charge in [0.1, 0.15) is 32.7 Å². The summed E-state index contributed by atoms with van der Waals surface area (Å²) in [6, 6.07) is 4.37. The molecular weight excluding hydrogens is 590 g/mol. The first-order valence-electron chi connectivity index (χ1n) is 14.2. The van der Waals surface area contributed by atoms with Crippen molar-refractivity contribution in [2.75, 3.05) is 23.3 Å². The molecule has 10 nitrogen and oxygen atoms in total. The Balaban J connectivity index is 1.09. The fraction of sp³-hybridized carbons (Fsp3) is 0.448. The molecule has 1 saturated heterocycles. The van der Waals surface area contributed by atoms with E-state index in [1.165, 1.54) is 17.3 Å². The molecule has 1 saturated carbocycles. The minimum absolute atomic E-state index is 0.161. The van der Waals surface area contributed by atoms with Crippen LogP contribution < -0.4 is 10.2 Å². The van der Waals surface area contributed by atoms with Crippen molar-refractivity contribution in [2.24, 2.45) is 9.81 Å². The number of hydrogen-bond donors (Lipinski definition) is 2. The summed E-state index contributed by atoms with van der Waals surface area (Å²) in [7, 11) is 0. The van der Waals surface area contributed by atoms with Gasteiger partial charge in [0, 0.05) is 53.6 Å². The second-order valence-electron chi connectivity index (χ2n) is 12.2. The third-order valence-corrected chi connectivity index (χ3v) is 10.9. The molecule has 2 fully saturated rings. The molecule has 5 heterocycles. The smallest absolute Gasteiger partial charge is 0.206 e. The SMILES string of the molecule is CC(C)(C)[S+]([O-])/N=C1\c2ccncc2CC12CCN(c1nc3nc(Sc4ccnc(NC5CC5)c4Cl)cnc3[nH]1)CC2. The number of pyridine rings is 2. The number of halogens is 1. The fourth-order valence-corrected chi connectivity index (χ4v) is 7.35. The first-order chi connectivity index (χ1) is 20.2. The maximum atomic E-state index is 13.1. The van der Waals surface area contributed by atoms with Gasteiger partial charge in [0.05, 0.1) is 11.2 Å². The standard InChI is InChI=1S/C29H32ClN9OS2/c1-28(2,3)42(40)38-23-19-6-10-31-15-17(19)14-29(23)8-12-39(13-9-29)27-36-25-26(37-27)35-21(16-33-25)41-20-7-11-32-24(22(20)30)34-18-4-5-18/h6-7,10-11,15-16,18H,4-5,8-9,12-14H2,1-3H3,(H,32,34)(H,33,35,36,37)/b38-23+. The zero-order valence-corrected chi connectivity index (χ0v) is 26.1. The highest BCUT2D eigenvalue weighted by molar-refractivity contribution is 7.99. The number of H-pyrrole nitrogens is 1. The van der Waals surface area contributed by atoms with E-state index in [2.05, 4.69) is 30.2 Å². The average molecular weight is 622 g/mol. The molecule has 1 unspecified atom stereocenters. The molecular formula is C29H32ClN9OS2. The summed E-state index contributed by atoms with van der Waals surface area (Å²) in [6.07, 6.45) is 12.1. The van der Waals surface area contributed by atoms with Crippen LogP contribution >= 0.6 is 23.4 Å². The number of nitrogens with zero attached hydrogens (tertiary/aromatic N) is 7. The Morgan fingerprint density at radius 2 is 1.95 bits per heavy atom. The van der Waals surface area contributed by atoms with E-state index >= 15 is 0 Å². The van der Waals surface area contributed by atoms with Crippen molar-refractivity contribution in [1.82, 2.24) is 29.9 Å². The molecule has 2 N–H and O–H groups in total. The number of anilines is 2. The molecule has 4 aromatic rings. The van der Waals surface area contributed by atoms with Crippen molar-refractivity contribution in [3.8, 4) is 0 Å². The highest BCUT2D eigenvalue weighted by atomic mass is 35.5. The maximum absolute atomic E-state index is 13.1. The van der Waals surface area contributed by atoms with Crippen LogP contribution in [0.2, 0.25) is 5.02 Å². The van der Waals surface area contributed by atoms with Gasteiger partial charge in [-0.05, 0) is 70.6 Å². The van der Waals surface area contributed by atoms with E-state index in [9.17, 15) is 4.55 Å². The number of aromatic nitrogens is 6. The highest BCUT2D eigenvalue weighted by Crippen LogP contribution is 2.46. The molecule has 7 rings (SSSR count). The van der Waals surface area contributed by atoms with Crippen LogP contribution in [0.15, 0.2) is 51.2 Å². The van der Waals surface area contributed by atoms with E-state index in [0.29, 0.717) is 33.2 Å². The monoisotopic (exact) mass is 621 g/mol. The normalized spacial score (nSPS) is 19.9. The van der Waals surface area contributed by atoms with Crippen LogP contribution in [0.3, 0.4) is 0 Å². The van der Waals surface area contributed by atoms with Crippen LogP contribution in [-0.2, 0) is 17.8 Å². The summed E-state index contributed by atoms with van der Waals surface area (Å²) in [6.45, 7) is 7.47. The van der Waals surface area contributed by atoms with Crippen LogP contribution in [0.5, 0.6) is 0 Å². The molecule has 13 heteroatoms. The fourth-order valence-electron chi connectivity index (χ4n) is 5.56. The molecule has 1 spiro atoms. The third-order valence-electron chi connectivity index (χ3n) is 8.07. The maximum Gasteiger partial charge on any atom is 0.206 e. The molecule has 1 aliphatic heterocycles. The lowest BCUT2D eigenvalue weighted by Gasteiger charge is -2.39. The van der Waals surface area contributed by atoms with E-state index in [1.54, 1.807) is 18.6 Å². The number of rotatable bonds is 6. The van der Waals surface area contributed by atoms with Crippen LogP contribution in [0, 0.1) is 5.41 Å². The summed E-state index contributed by atoms with van der Waals surface area (Å²) in [4.78, 5) is 29.4. The minimum atomic E-state index is -1.34. The van der Waals surface area contributed by atoms with Gasteiger partial charge in [-0.1, -0.05) is 27.8 Å². The lowest BCUT2D eigenvalue weighted by Crippen LogP contribution is -2.44. The highest BCUT2D eigenvalue weighted by Gasteiger charge is 2.48. The zero-order chi connectivity index (χ0) is 29.1. The van der Waals surface area contributed by atoms with Crippen molar-refractivity contribution < 1.29 is 4.55 Å². The van der Waals surface area contributed by atoms with Crippen molar-refractivity contribution in [1.29, 1.82) is 0 Å². The van der Waals surface area contributed by atoms with E-state index in [4.69, 9.17) is 26.0 Å². The van der Waals surface area contributed by atoms with Crippen LogP contribution in [-0.4, -0.2) is 64.0 Å². The Hall–Kier alpha value is -2.93. The second-order valence-corrected chi connectivity index (χ2v) is 15.6. The van der Waals surface area contributed by atoms with Crippen molar-refractivity contribution in [3.05, 3.63) is 53.1 Å². The molecule has 3 aliphatic rings. The zero-order valence-electron chi connectivity index (χ0n) is 23.7. The second kappa shape index (κ2) is 10.7. The van der Waals surface area contributed by atoms with Gasteiger partial charge in [-0.15, -0.1) is 0 Å². The first kappa shape index (κ1) is 27.9. The van der Waals surface area contributed by atoms with E-state index < -0.39 is 16.1 Å². The van der Waals surface area contributed by atoms with Crippen LogP contribution in [0.1, 0.15) is 57.6 Å². The quantitative estimate of drug-likeness (QED) is 0.263. The van der Waals surface area contributed by atoms with Crippen molar-refractivity contribution >= 4 is 63.5 Å². The van der Waals surface area contributed by atoms with Gasteiger partial charge in [-0.3, -0.25) is 4.98 Å². The van der Waals surface area contributed by atoms with Gasteiger partial charge >= 0.3 is 0 Å². The molecule has 1 atom stereocenters. The van der Waals surface area contributed by atoms with Crippen molar-refractivity contribution in [2.45, 2.75) is 73.6 Å². The Kier molecular flexibility index (Phi) is 7.07. The molecule has 4 aromatic heterocycles. The van der Waals surface area contributed by atoms with Crippen LogP contribution in [0.25, 0.3) is 11.3 Å². The summed E-state index contributed by atoms with van der Waals surface area (Å²) in [5.41, 5.74) is 4.29. The predicted molar refractivity (Wildman–Crippen MR) is 168 cm³/mol. The van der Waals surface area contributed by atoms with Crippen molar-refractivity contribution in [3.63, 3.8) is 0 Å². The number of fused-ring (bicyclic) bond motifs is 2. The third kappa shape index (κ3) is 5.34. The average Bonchev–Trinajstić information content (AvgIpc) is 3.61. The molecule has 0 bridgehead atoms. The van der Waals surface area contributed by atoms with Gasteiger partial charge in [-0.2, -0.15) is 4.98 Å². The van der Waals surface area contributed by atoms with E-state index in [1.807, 2.05) is 39.1 Å². The van der Waals surface area contributed by atoms with E-state index in [0.717, 1.165) is 67.3 Å². The molecule has 0 aromatic carbocycles. The van der Waals surface area contributed by atoms with Gasteiger partial charge in [0.25, 0.3) is 0 Å². The predicted octanol–water partition coefficient (Wildman–Crippen LogP) is 5.62. The van der Waals surface area contributed by atoms with Gasteiger partial charge < -0.3 is 19.8 Å². The number of nitrogens with one attached hydrogen (secondary N) is 2. The molecule has 42 heavy (non-hydrogen) atoms. The first-order valence-corrected chi connectivity index (χ1v) is 16.5. The Morgan fingerprint density at radius 3 is 2.71 bits per heavy atom. The summed E-state index contributed by atoms with van der Waals surface area (Å²) in [5.74, 6) is 1.47. The lowest BCUT2D eigenvalue weighted by atomic mass is 9.74. The lowest BCUT2D eigenvalue weighted by molar-refractivity contribution is 0.329. The Labute approximate surface area is 256 Å². The van der Waals surface area contributed by atoms with Gasteiger partial charge in [0.15, 0.2) is 11.3 Å². The largest absolute Gasteiger partial charge is 0.591 e. The number of imidazole rings is 1. The number of hydrogen-bond acceptors (Lipinski definition) is 10. The Morgan fingerprint density at radius 1 is 1.14 bits per heavy atom. The summed E-state index contributed by atoms with van der Waals surface area (Å²) < 4.78 is 17.5. The molecule has 2 aliphatic carbocycles. The summed E-state index contributed by atoms with van der Waals surface area (Å²) in [5, 5.41) is 4.69. The topological polar surface area (TPSA) is 131 Å². The van der Waals surface area contributed by atoms with Gasteiger partial charge in [0.2, 0.25) is 5.95 Å². The van der Waals surface area contributed by atoms with E-state index in [-0.39, 0.29) is 5.41 Å². The Bertz CT molecular complexity index is 1680. The molecule has 218 valence electrons. The number of aromatic amines is 1. The molecule has 0 radical (unpaired) electrons.